The van der Waals surface area contributed by atoms with Crippen LogP contribution < -0.4 is 5.73 Å². The molecule has 1 atom stereocenters. The summed E-state index contributed by atoms with van der Waals surface area (Å²) >= 11 is 0. The van der Waals surface area contributed by atoms with Crippen molar-refractivity contribution in [1.29, 1.82) is 0 Å². The molecule has 1 unspecified atom stereocenters. The monoisotopic (exact) mass is 272 g/mol. The quantitative estimate of drug-likeness (QED) is 0.854. The Labute approximate surface area is 120 Å². The van der Waals surface area contributed by atoms with Crippen LogP contribution in [0.1, 0.15) is 69.2 Å². The van der Waals surface area contributed by atoms with E-state index in [9.17, 15) is 0 Å². The summed E-state index contributed by atoms with van der Waals surface area (Å²) in [5.41, 5.74) is 6.72. The molecule has 0 radical (unpaired) electrons. The Kier molecular flexibility index (Phi) is 2.25. The molecule has 5 aliphatic rings. The standard InChI is InChI=1S/C16H24N4/c17-13-2-1-3-14-18-19-15(20(13)14)16-7-10-4-11(8-16)6-12(5-10)9-16/h10-13H,1-9,17H2. The summed E-state index contributed by atoms with van der Waals surface area (Å²) in [5.74, 6) is 5.27. The molecule has 0 spiro atoms. The van der Waals surface area contributed by atoms with Crippen LogP contribution in [0, 0.1) is 17.8 Å². The second-order valence-electron chi connectivity index (χ2n) is 7.97. The highest BCUT2D eigenvalue weighted by molar-refractivity contribution is 5.20. The van der Waals surface area contributed by atoms with Gasteiger partial charge >= 0.3 is 0 Å². The molecule has 108 valence electrons. The maximum absolute atomic E-state index is 6.39. The Morgan fingerprint density at radius 3 is 2.30 bits per heavy atom. The van der Waals surface area contributed by atoms with Gasteiger partial charge in [-0.1, -0.05) is 0 Å². The van der Waals surface area contributed by atoms with E-state index in [2.05, 4.69) is 14.8 Å². The van der Waals surface area contributed by atoms with Gasteiger partial charge in [-0.2, -0.15) is 0 Å². The van der Waals surface area contributed by atoms with Gasteiger partial charge in [0.1, 0.15) is 11.6 Å². The first kappa shape index (κ1) is 11.7. The Hall–Kier alpha value is -0.900. The molecule has 4 nitrogen and oxygen atoms in total. The molecule has 0 amide bonds. The van der Waals surface area contributed by atoms with Crippen molar-refractivity contribution in [2.24, 2.45) is 23.5 Å². The first-order valence-corrected chi connectivity index (χ1v) is 8.43. The Morgan fingerprint density at radius 1 is 1.00 bits per heavy atom. The minimum atomic E-state index is 0.122. The van der Waals surface area contributed by atoms with Crippen LogP contribution in [-0.2, 0) is 11.8 Å². The molecular weight excluding hydrogens is 248 g/mol. The van der Waals surface area contributed by atoms with E-state index < -0.39 is 0 Å². The smallest absolute Gasteiger partial charge is 0.140 e. The van der Waals surface area contributed by atoms with Crippen molar-refractivity contribution in [1.82, 2.24) is 14.8 Å². The van der Waals surface area contributed by atoms with Crippen molar-refractivity contribution >= 4 is 0 Å². The topological polar surface area (TPSA) is 56.7 Å². The van der Waals surface area contributed by atoms with Crippen molar-refractivity contribution in [2.45, 2.75) is 69.4 Å². The lowest BCUT2D eigenvalue weighted by atomic mass is 9.49. The zero-order valence-corrected chi connectivity index (χ0v) is 12.1. The predicted molar refractivity (Wildman–Crippen MR) is 76.0 cm³/mol. The third-order valence-corrected chi connectivity index (χ3v) is 6.51. The number of fused-ring (bicyclic) bond motifs is 1. The first-order valence-electron chi connectivity index (χ1n) is 8.43. The van der Waals surface area contributed by atoms with E-state index in [0.29, 0.717) is 5.41 Å². The van der Waals surface area contributed by atoms with Crippen LogP contribution in [0.5, 0.6) is 0 Å². The summed E-state index contributed by atoms with van der Waals surface area (Å²) in [5, 5.41) is 9.17. The van der Waals surface area contributed by atoms with Gasteiger partial charge in [-0.15, -0.1) is 10.2 Å². The number of rotatable bonds is 1. The van der Waals surface area contributed by atoms with Gasteiger partial charge in [0.25, 0.3) is 0 Å². The van der Waals surface area contributed by atoms with Gasteiger partial charge in [-0.05, 0) is 69.1 Å². The van der Waals surface area contributed by atoms with Gasteiger partial charge in [0.2, 0.25) is 0 Å². The molecule has 4 heteroatoms. The van der Waals surface area contributed by atoms with E-state index in [-0.39, 0.29) is 6.17 Å². The molecule has 1 aromatic heterocycles. The lowest BCUT2D eigenvalue weighted by Crippen LogP contribution is -2.50. The molecule has 0 aromatic carbocycles. The summed E-state index contributed by atoms with van der Waals surface area (Å²) in [6.07, 6.45) is 11.9. The molecule has 2 heterocycles. The third kappa shape index (κ3) is 1.46. The van der Waals surface area contributed by atoms with Crippen molar-refractivity contribution in [3.63, 3.8) is 0 Å². The van der Waals surface area contributed by atoms with Crippen LogP contribution in [0.3, 0.4) is 0 Å². The Morgan fingerprint density at radius 2 is 1.65 bits per heavy atom. The van der Waals surface area contributed by atoms with Gasteiger partial charge in [0.05, 0.1) is 6.17 Å². The highest BCUT2D eigenvalue weighted by Crippen LogP contribution is 2.60. The Bertz CT molecular complexity index is 511. The number of aromatic nitrogens is 3. The van der Waals surface area contributed by atoms with Crippen molar-refractivity contribution in [3.8, 4) is 0 Å². The zero-order valence-electron chi connectivity index (χ0n) is 12.1. The number of hydrogen-bond donors (Lipinski definition) is 1. The molecule has 1 aliphatic heterocycles. The van der Waals surface area contributed by atoms with E-state index >= 15 is 0 Å². The van der Waals surface area contributed by atoms with Crippen LogP contribution in [0.15, 0.2) is 0 Å². The van der Waals surface area contributed by atoms with Gasteiger partial charge < -0.3 is 5.73 Å². The average molecular weight is 272 g/mol. The van der Waals surface area contributed by atoms with Crippen LogP contribution in [-0.4, -0.2) is 14.8 Å². The number of aryl methyl sites for hydroxylation is 1. The van der Waals surface area contributed by atoms with Crippen LogP contribution in [0.4, 0.5) is 0 Å². The summed E-state index contributed by atoms with van der Waals surface area (Å²) in [6.45, 7) is 0. The number of hydrogen-bond acceptors (Lipinski definition) is 3. The van der Waals surface area contributed by atoms with Gasteiger partial charge in [-0.25, -0.2) is 0 Å². The van der Waals surface area contributed by atoms with Gasteiger partial charge in [0.15, 0.2) is 0 Å². The largest absolute Gasteiger partial charge is 0.311 e. The highest BCUT2D eigenvalue weighted by atomic mass is 15.3. The summed E-state index contributed by atoms with van der Waals surface area (Å²) < 4.78 is 2.33. The third-order valence-electron chi connectivity index (χ3n) is 6.51. The molecule has 4 fully saturated rings. The van der Waals surface area contributed by atoms with Crippen LogP contribution in [0.2, 0.25) is 0 Å². The lowest BCUT2D eigenvalue weighted by Gasteiger charge is -2.56. The molecule has 6 rings (SSSR count). The minimum Gasteiger partial charge on any atom is -0.311 e. The fourth-order valence-electron chi connectivity index (χ4n) is 6.19. The minimum absolute atomic E-state index is 0.122. The molecule has 4 bridgehead atoms. The zero-order chi connectivity index (χ0) is 13.3. The lowest BCUT2D eigenvalue weighted by molar-refractivity contribution is -0.0121. The summed E-state index contributed by atoms with van der Waals surface area (Å²) in [7, 11) is 0. The molecular formula is C16H24N4. The van der Waals surface area contributed by atoms with E-state index in [4.69, 9.17) is 5.73 Å². The molecule has 1 aromatic rings. The van der Waals surface area contributed by atoms with Crippen molar-refractivity contribution in [2.75, 3.05) is 0 Å². The molecule has 2 N–H and O–H groups in total. The van der Waals surface area contributed by atoms with Crippen LogP contribution >= 0.6 is 0 Å². The molecule has 20 heavy (non-hydrogen) atoms. The normalized spacial score (nSPS) is 45.6. The maximum Gasteiger partial charge on any atom is 0.140 e. The maximum atomic E-state index is 6.39. The number of nitrogens with two attached hydrogens (primary N) is 1. The second-order valence-corrected chi connectivity index (χ2v) is 7.97. The van der Waals surface area contributed by atoms with E-state index in [0.717, 1.165) is 36.4 Å². The highest BCUT2D eigenvalue weighted by Gasteiger charge is 2.54. The Balaban J connectivity index is 1.62. The second kappa shape index (κ2) is 3.85. The summed E-state index contributed by atoms with van der Waals surface area (Å²) in [6, 6.07) is 0. The SMILES string of the molecule is NC1CCCc2nnc(C34CC5CC(CC(C5)C3)C4)n21. The van der Waals surface area contributed by atoms with Gasteiger partial charge in [-0.3, -0.25) is 4.57 Å². The predicted octanol–water partition coefficient (Wildman–Crippen LogP) is 2.54. The number of nitrogens with zero attached hydrogens (tertiary/aromatic N) is 3. The molecule has 4 saturated carbocycles. The van der Waals surface area contributed by atoms with E-state index in [1.807, 2.05) is 0 Å². The van der Waals surface area contributed by atoms with E-state index in [1.54, 1.807) is 0 Å². The van der Waals surface area contributed by atoms with Crippen molar-refractivity contribution in [3.05, 3.63) is 11.6 Å². The average Bonchev–Trinajstić information content (AvgIpc) is 2.83. The molecule has 4 aliphatic carbocycles. The van der Waals surface area contributed by atoms with Gasteiger partial charge in [0, 0.05) is 11.8 Å². The first-order chi connectivity index (χ1) is 9.73. The van der Waals surface area contributed by atoms with Crippen molar-refractivity contribution < 1.29 is 0 Å². The fourth-order valence-corrected chi connectivity index (χ4v) is 6.19. The van der Waals surface area contributed by atoms with Crippen LogP contribution in [0.25, 0.3) is 0 Å². The summed E-state index contributed by atoms with van der Waals surface area (Å²) in [4.78, 5) is 0. The molecule has 0 saturated heterocycles. The fraction of sp³-hybridized carbons (Fsp3) is 0.875. The van der Waals surface area contributed by atoms with E-state index in [1.165, 1.54) is 50.8 Å².